The second kappa shape index (κ2) is 11.0. The summed E-state index contributed by atoms with van der Waals surface area (Å²) in [4.78, 5) is 10.4. The SMILES string of the molecule is c1ccc(-c2cc(-c3cc4c5ccccc5c5c6ccccc6n(-c6ccccc6)c5c4c4ccccc34)nc(-c3ccccc3)n2)cc1. The van der Waals surface area contributed by atoms with Gasteiger partial charge < -0.3 is 4.57 Å². The van der Waals surface area contributed by atoms with Crippen LogP contribution >= 0.6 is 0 Å². The Balaban J connectivity index is 1.39. The lowest BCUT2D eigenvalue weighted by molar-refractivity contribution is 1.18. The van der Waals surface area contributed by atoms with Gasteiger partial charge in [0.25, 0.3) is 0 Å². The van der Waals surface area contributed by atoms with E-state index in [0.29, 0.717) is 5.82 Å². The number of rotatable bonds is 4. The average Bonchev–Trinajstić information content (AvgIpc) is 3.54. The maximum absolute atomic E-state index is 5.28. The van der Waals surface area contributed by atoms with E-state index in [4.69, 9.17) is 9.97 Å². The van der Waals surface area contributed by atoms with Gasteiger partial charge in [0.1, 0.15) is 0 Å². The fourth-order valence-electron chi connectivity index (χ4n) is 7.64. The Hall–Kier alpha value is -6.58. The molecule has 0 aliphatic heterocycles. The highest BCUT2D eigenvalue weighted by atomic mass is 15.0. The molecule has 0 bridgehead atoms. The summed E-state index contributed by atoms with van der Waals surface area (Å²) in [6, 6.07) is 62.5. The zero-order valence-electron chi connectivity index (χ0n) is 26.6. The summed E-state index contributed by atoms with van der Waals surface area (Å²) in [5.74, 6) is 0.714. The van der Waals surface area contributed by atoms with Gasteiger partial charge in [-0.15, -0.1) is 0 Å². The fraction of sp³-hybridized carbons (Fsp3) is 0. The predicted octanol–water partition coefficient (Wildman–Crippen LogP) is 12.0. The topological polar surface area (TPSA) is 30.7 Å². The number of nitrogens with zero attached hydrogens (tertiary/aromatic N) is 3. The molecule has 0 saturated carbocycles. The van der Waals surface area contributed by atoms with Gasteiger partial charge in [-0.05, 0) is 57.3 Å². The standard InChI is InChI=1S/C46H29N3/c1-4-16-30(17-5-1)40-29-41(48-46(47-40)31-18-6-2-7-19-31)38-28-39-34-23-11-13-25-36(34)43-37-26-14-15-27-42(37)49(32-20-8-3-9-21-32)45(43)44(39)35-24-12-10-22-33(35)38/h1-29H. The molecule has 3 heteroatoms. The Morgan fingerprint density at radius 1 is 0.367 bits per heavy atom. The van der Waals surface area contributed by atoms with Crippen molar-refractivity contribution in [1.29, 1.82) is 0 Å². The van der Waals surface area contributed by atoms with Gasteiger partial charge in [-0.2, -0.15) is 0 Å². The van der Waals surface area contributed by atoms with Crippen LogP contribution in [-0.2, 0) is 0 Å². The molecular weight excluding hydrogens is 595 g/mol. The molecule has 3 nitrogen and oxygen atoms in total. The third kappa shape index (κ3) is 4.29. The largest absolute Gasteiger partial charge is 0.309 e. The van der Waals surface area contributed by atoms with Crippen LogP contribution < -0.4 is 0 Å². The van der Waals surface area contributed by atoms with E-state index in [1.165, 1.54) is 48.7 Å². The fourth-order valence-corrected chi connectivity index (χ4v) is 7.64. The second-order valence-electron chi connectivity index (χ2n) is 12.5. The minimum Gasteiger partial charge on any atom is -0.309 e. The molecule has 0 unspecified atom stereocenters. The molecule has 228 valence electrons. The van der Waals surface area contributed by atoms with E-state index < -0.39 is 0 Å². The molecular formula is C46H29N3. The summed E-state index contributed by atoms with van der Waals surface area (Å²) in [5, 5.41) is 9.82. The van der Waals surface area contributed by atoms with Crippen LogP contribution in [0.1, 0.15) is 0 Å². The molecule has 10 rings (SSSR count). The molecule has 2 aromatic heterocycles. The molecule has 0 atom stereocenters. The molecule has 0 N–H and O–H groups in total. The van der Waals surface area contributed by atoms with E-state index in [2.05, 4.69) is 156 Å². The first kappa shape index (κ1) is 27.5. The van der Waals surface area contributed by atoms with Crippen molar-refractivity contribution in [2.45, 2.75) is 0 Å². The highest BCUT2D eigenvalue weighted by molar-refractivity contribution is 6.37. The average molecular weight is 624 g/mol. The maximum Gasteiger partial charge on any atom is 0.160 e. The van der Waals surface area contributed by atoms with Crippen LogP contribution in [-0.4, -0.2) is 14.5 Å². The van der Waals surface area contributed by atoms with E-state index in [0.717, 1.165) is 39.2 Å². The third-order valence-electron chi connectivity index (χ3n) is 9.76. The van der Waals surface area contributed by atoms with Gasteiger partial charge in [0, 0.05) is 38.5 Å². The lowest BCUT2D eigenvalue weighted by Crippen LogP contribution is -1.98. The summed E-state index contributed by atoms with van der Waals surface area (Å²) in [6.45, 7) is 0. The van der Waals surface area contributed by atoms with Gasteiger partial charge in [-0.3, -0.25) is 0 Å². The van der Waals surface area contributed by atoms with Gasteiger partial charge >= 0.3 is 0 Å². The van der Waals surface area contributed by atoms with Crippen LogP contribution in [0.3, 0.4) is 0 Å². The van der Waals surface area contributed by atoms with Crippen molar-refractivity contribution in [3.8, 4) is 39.6 Å². The smallest absolute Gasteiger partial charge is 0.160 e. The number of aromatic nitrogens is 3. The highest BCUT2D eigenvalue weighted by Gasteiger charge is 2.22. The lowest BCUT2D eigenvalue weighted by Gasteiger charge is -2.17. The number of benzene rings is 8. The molecule has 0 aliphatic rings. The van der Waals surface area contributed by atoms with Crippen LogP contribution in [0, 0.1) is 0 Å². The van der Waals surface area contributed by atoms with Gasteiger partial charge in [-0.25, -0.2) is 9.97 Å². The van der Waals surface area contributed by atoms with E-state index in [1.807, 2.05) is 24.3 Å². The molecule has 0 amide bonds. The Labute approximate surface area is 283 Å². The first-order chi connectivity index (χ1) is 24.3. The molecule has 49 heavy (non-hydrogen) atoms. The van der Waals surface area contributed by atoms with Crippen molar-refractivity contribution < 1.29 is 0 Å². The first-order valence-electron chi connectivity index (χ1n) is 16.7. The van der Waals surface area contributed by atoms with Gasteiger partial charge in [-0.1, -0.05) is 146 Å². The van der Waals surface area contributed by atoms with Crippen LogP contribution in [0.25, 0.3) is 93.7 Å². The van der Waals surface area contributed by atoms with Crippen LogP contribution in [0.15, 0.2) is 176 Å². The Morgan fingerprint density at radius 3 is 1.59 bits per heavy atom. The molecule has 0 spiro atoms. The van der Waals surface area contributed by atoms with Crippen molar-refractivity contribution >= 4 is 54.1 Å². The number of fused-ring (bicyclic) bond motifs is 10. The Bertz CT molecular complexity index is 2800. The van der Waals surface area contributed by atoms with Gasteiger partial charge in [0.2, 0.25) is 0 Å². The maximum atomic E-state index is 5.28. The quantitative estimate of drug-likeness (QED) is 0.183. The molecule has 0 aliphatic carbocycles. The van der Waals surface area contributed by atoms with E-state index >= 15 is 0 Å². The van der Waals surface area contributed by atoms with Crippen molar-refractivity contribution in [2.24, 2.45) is 0 Å². The molecule has 2 heterocycles. The van der Waals surface area contributed by atoms with Gasteiger partial charge in [0.05, 0.1) is 22.4 Å². The van der Waals surface area contributed by atoms with Crippen molar-refractivity contribution in [3.63, 3.8) is 0 Å². The normalized spacial score (nSPS) is 11.7. The third-order valence-corrected chi connectivity index (χ3v) is 9.76. The van der Waals surface area contributed by atoms with Crippen LogP contribution in [0.5, 0.6) is 0 Å². The minimum atomic E-state index is 0.714. The second-order valence-corrected chi connectivity index (χ2v) is 12.5. The Morgan fingerprint density at radius 2 is 0.878 bits per heavy atom. The summed E-state index contributed by atoms with van der Waals surface area (Å²) in [5.41, 5.74) is 8.52. The van der Waals surface area contributed by atoms with Crippen molar-refractivity contribution in [2.75, 3.05) is 0 Å². The van der Waals surface area contributed by atoms with E-state index in [-0.39, 0.29) is 0 Å². The summed E-state index contributed by atoms with van der Waals surface area (Å²) >= 11 is 0. The van der Waals surface area contributed by atoms with Crippen molar-refractivity contribution in [1.82, 2.24) is 14.5 Å². The number of hydrogen-bond acceptors (Lipinski definition) is 2. The molecule has 8 aromatic carbocycles. The summed E-state index contributed by atoms with van der Waals surface area (Å²) < 4.78 is 2.46. The van der Waals surface area contributed by atoms with Gasteiger partial charge in [0.15, 0.2) is 5.82 Å². The zero-order chi connectivity index (χ0) is 32.3. The lowest BCUT2D eigenvalue weighted by atomic mass is 9.90. The first-order valence-corrected chi connectivity index (χ1v) is 16.7. The predicted molar refractivity (Wildman–Crippen MR) is 205 cm³/mol. The molecule has 0 saturated heterocycles. The molecule has 0 fully saturated rings. The molecule has 0 radical (unpaired) electrons. The number of para-hydroxylation sites is 2. The molecule has 10 aromatic rings. The van der Waals surface area contributed by atoms with Crippen LogP contribution in [0.4, 0.5) is 0 Å². The number of hydrogen-bond donors (Lipinski definition) is 0. The zero-order valence-corrected chi connectivity index (χ0v) is 26.6. The highest BCUT2D eigenvalue weighted by Crippen LogP contribution is 2.46. The van der Waals surface area contributed by atoms with Crippen molar-refractivity contribution in [3.05, 3.63) is 176 Å². The monoisotopic (exact) mass is 623 g/mol. The van der Waals surface area contributed by atoms with Crippen LogP contribution in [0.2, 0.25) is 0 Å². The van der Waals surface area contributed by atoms with E-state index in [1.54, 1.807) is 0 Å². The Kier molecular flexibility index (Phi) is 6.18. The van der Waals surface area contributed by atoms with E-state index in [9.17, 15) is 0 Å². The summed E-state index contributed by atoms with van der Waals surface area (Å²) in [7, 11) is 0. The summed E-state index contributed by atoms with van der Waals surface area (Å²) in [6.07, 6.45) is 0. The minimum absolute atomic E-state index is 0.714.